The van der Waals surface area contributed by atoms with Gasteiger partial charge in [-0.15, -0.1) is 0 Å². The number of fused-ring (bicyclic) bond motifs is 2. The summed E-state index contributed by atoms with van der Waals surface area (Å²) in [6, 6.07) is 2.07. The van der Waals surface area contributed by atoms with E-state index in [1.807, 2.05) is 0 Å². The molecule has 2 aliphatic rings. The van der Waals surface area contributed by atoms with Gasteiger partial charge in [0.25, 0.3) is 0 Å². The van der Waals surface area contributed by atoms with E-state index in [1.54, 1.807) is 20.3 Å². The molecule has 1 aromatic heterocycles. The summed E-state index contributed by atoms with van der Waals surface area (Å²) in [7, 11) is 3.21. The zero-order valence-corrected chi connectivity index (χ0v) is 13.6. The number of hydrogen-bond donors (Lipinski definition) is 1. The molecule has 0 saturated heterocycles. The molecule has 3 unspecified atom stereocenters. The zero-order valence-electron chi connectivity index (χ0n) is 13.6. The first-order chi connectivity index (χ1) is 9.89. The Labute approximate surface area is 126 Å². The van der Waals surface area contributed by atoms with Crippen LogP contribution in [0.1, 0.15) is 40.0 Å². The van der Waals surface area contributed by atoms with E-state index < -0.39 is 0 Å². The number of aromatic nitrogens is 2. The van der Waals surface area contributed by atoms with Crippen LogP contribution in [0.15, 0.2) is 6.07 Å². The van der Waals surface area contributed by atoms with Crippen molar-refractivity contribution in [1.82, 2.24) is 9.97 Å². The first-order valence-corrected chi connectivity index (χ1v) is 7.62. The number of nitrogens with one attached hydrogen (secondary N) is 1. The van der Waals surface area contributed by atoms with Crippen molar-refractivity contribution in [2.75, 3.05) is 19.5 Å². The fourth-order valence-electron chi connectivity index (χ4n) is 4.47. The van der Waals surface area contributed by atoms with Gasteiger partial charge in [-0.25, -0.2) is 0 Å². The fraction of sp³-hybridized carbons (Fsp3) is 0.750. The summed E-state index contributed by atoms with van der Waals surface area (Å²) in [5.41, 5.74) is 0.584. The predicted molar refractivity (Wildman–Crippen MR) is 81.8 cm³/mol. The highest BCUT2D eigenvalue weighted by Crippen LogP contribution is 2.62. The maximum atomic E-state index is 5.23. The molecule has 0 aliphatic heterocycles. The molecule has 0 spiro atoms. The van der Waals surface area contributed by atoms with Gasteiger partial charge < -0.3 is 14.8 Å². The summed E-state index contributed by atoms with van der Waals surface area (Å²) in [5.74, 6) is 2.43. The number of hydrogen-bond acceptors (Lipinski definition) is 5. The van der Waals surface area contributed by atoms with Crippen LogP contribution < -0.4 is 14.8 Å². The highest BCUT2D eigenvalue weighted by Gasteiger charge is 2.59. The monoisotopic (exact) mass is 291 g/mol. The summed E-state index contributed by atoms with van der Waals surface area (Å²) in [5, 5.41) is 3.57. The number of methoxy groups -OCH3 is 2. The number of ether oxygens (including phenoxy) is 2. The second-order valence-electron chi connectivity index (χ2n) is 7.27. The average Bonchev–Trinajstić information content (AvgIpc) is 2.94. The highest BCUT2D eigenvalue weighted by molar-refractivity contribution is 5.37. The van der Waals surface area contributed by atoms with Crippen LogP contribution in [-0.2, 0) is 0 Å². The van der Waals surface area contributed by atoms with Crippen LogP contribution in [0.5, 0.6) is 11.8 Å². The second kappa shape index (κ2) is 4.75. The van der Waals surface area contributed by atoms with E-state index in [1.165, 1.54) is 19.3 Å². The molecule has 1 aromatic rings. The van der Waals surface area contributed by atoms with Crippen LogP contribution in [0.4, 0.5) is 5.95 Å². The van der Waals surface area contributed by atoms with E-state index >= 15 is 0 Å². The molecule has 116 valence electrons. The van der Waals surface area contributed by atoms with Crippen molar-refractivity contribution >= 4 is 5.95 Å². The van der Waals surface area contributed by atoms with Gasteiger partial charge in [0, 0.05) is 6.04 Å². The maximum absolute atomic E-state index is 5.23. The maximum Gasteiger partial charge on any atom is 0.229 e. The van der Waals surface area contributed by atoms with Gasteiger partial charge in [0.1, 0.15) is 0 Å². The third-order valence-corrected chi connectivity index (χ3v) is 5.64. The van der Waals surface area contributed by atoms with E-state index in [-0.39, 0.29) is 5.41 Å². The Morgan fingerprint density at radius 2 is 1.76 bits per heavy atom. The van der Waals surface area contributed by atoms with Gasteiger partial charge in [0.15, 0.2) is 0 Å². The minimum Gasteiger partial charge on any atom is -0.481 e. The van der Waals surface area contributed by atoms with Gasteiger partial charge in [0.2, 0.25) is 17.7 Å². The van der Waals surface area contributed by atoms with Gasteiger partial charge in [0.05, 0.1) is 20.3 Å². The van der Waals surface area contributed by atoms with Crippen molar-refractivity contribution in [2.24, 2.45) is 16.7 Å². The Morgan fingerprint density at radius 1 is 1.14 bits per heavy atom. The minimum absolute atomic E-state index is 0.257. The third-order valence-electron chi connectivity index (χ3n) is 5.64. The Kier molecular flexibility index (Phi) is 3.26. The van der Waals surface area contributed by atoms with Gasteiger partial charge in [-0.3, -0.25) is 0 Å². The molecule has 3 atom stereocenters. The first-order valence-electron chi connectivity index (χ1n) is 7.62. The molecule has 5 heteroatoms. The molecular weight excluding hydrogens is 266 g/mol. The van der Waals surface area contributed by atoms with Crippen LogP contribution >= 0.6 is 0 Å². The molecule has 0 radical (unpaired) electrons. The van der Waals surface area contributed by atoms with Crippen molar-refractivity contribution in [3.8, 4) is 11.8 Å². The quantitative estimate of drug-likeness (QED) is 0.923. The number of rotatable bonds is 4. The summed E-state index contributed by atoms with van der Waals surface area (Å²) in [6.07, 6.45) is 3.91. The van der Waals surface area contributed by atoms with Crippen LogP contribution in [0.2, 0.25) is 0 Å². The topological polar surface area (TPSA) is 56.3 Å². The smallest absolute Gasteiger partial charge is 0.229 e. The molecule has 2 fully saturated rings. The number of nitrogens with zero attached hydrogens (tertiary/aromatic N) is 2. The standard InChI is InChI=1S/C16H25N3O2/c1-15(2)10-6-7-16(3,9-10)13(15)19-14-17-11(20-4)8-12(18-14)21-5/h8,10,13H,6-7,9H2,1-5H3,(H,17,18,19). The Bertz CT molecular complexity index is 519. The lowest BCUT2D eigenvalue weighted by atomic mass is 9.68. The largest absolute Gasteiger partial charge is 0.481 e. The van der Waals surface area contributed by atoms with Crippen molar-refractivity contribution < 1.29 is 9.47 Å². The van der Waals surface area contributed by atoms with Crippen LogP contribution in [0, 0.1) is 16.7 Å². The van der Waals surface area contributed by atoms with Crippen LogP contribution in [-0.4, -0.2) is 30.2 Å². The van der Waals surface area contributed by atoms with Crippen molar-refractivity contribution in [3.63, 3.8) is 0 Å². The lowest BCUT2D eigenvalue weighted by Gasteiger charge is -2.43. The van der Waals surface area contributed by atoms with E-state index in [4.69, 9.17) is 9.47 Å². The van der Waals surface area contributed by atoms with Gasteiger partial charge in [-0.05, 0) is 36.0 Å². The molecule has 3 rings (SSSR count). The predicted octanol–water partition coefficient (Wildman–Crippen LogP) is 3.12. The molecule has 21 heavy (non-hydrogen) atoms. The average molecular weight is 291 g/mol. The molecular formula is C16H25N3O2. The van der Waals surface area contributed by atoms with Gasteiger partial charge in [-0.2, -0.15) is 9.97 Å². The second-order valence-corrected chi connectivity index (χ2v) is 7.27. The van der Waals surface area contributed by atoms with Crippen molar-refractivity contribution in [3.05, 3.63) is 6.07 Å². The summed E-state index contributed by atoms with van der Waals surface area (Å²) >= 11 is 0. The Hall–Kier alpha value is -1.52. The molecule has 0 aromatic carbocycles. The normalized spacial score (nSPS) is 33.0. The highest BCUT2D eigenvalue weighted by atomic mass is 16.5. The molecule has 2 saturated carbocycles. The number of anilines is 1. The lowest BCUT2D eigenvalue weighted by Crippen LogP contribution is -2.46. The molecule has 1 N–H and O–H groups in total. The van der Waals surface area contributed by atoms with Crippen LogP contribution in [0.3, 0.4) is 0 Å². The Morgan fingerprint density at radius 3 is 2.24 bits per heavy atom. The van der Waals surface area contributed by atoms with Crippen LogP contribution in [0.25, 0.3) is 0 Å². The van der Waals surface area contributed by atoms with E-state index in [0.29, 0.717) is 29.2 Å². The molecule has 2 aliphatic carbocycles. The Balaban J connectivity index is 1.89. The van der Waals surface area contributed by atoms with E-state index in [0.717, 1.165) is 5.92 Å². The van der Waals surface area contributed by atoms with Gasteiger partial charge in [-0.1, -0.05) is 20.8 Å². The van der Waals surface area contributed by atoms with Crippen molar-refractivity contribution in [1.29, 1.82) is 0 Å². The molecule has 5 nitrogen and oxygen atoms in total. The fourth-order valence-corrected chi connectivity index (χ4v) is 4.47. The summed E-state index contributed by atoms with van der Waals surface area (Å²) < 4.78 is 10.5. The summed E-state index contributed by atoms with van der Waals surface area (Å²) in [4.78, 5) is 8.84. The van der Waals surface area contributed by atoms with Crippen molar-refractivity contribution in [2.45, 2.75) is 46.1 Å². The van der Waals surface area contributed by atoms with E-state index in [2.05, 4.69) is 36.1 Å². The zero-order chi connectivity index (χ0) is 15.3. The van der Waals surface area contributed by atoms with E-state index in [9.17, 15) is 0 Å². The first kappa shape index (κ1) is 14.4. The lowest BCUT2D eigenvalue weighted by molar-refractivity contribution is 0.154. The van der Waals surface area contributed by atoms with Gasteiger partial charge >= 0.3 is 0 Å². The SMILES string of the molecule is COc1cc(OC)nc(NC2C3(C)CCC(C3)C2(C)C)n1. The summed E-state index contributed by atoms with van der Waals surface area (Å²) in [6.45, 7) is 7.10. The molecule has 2 bridgehead atoms. The third kappa shape index (κ3) is 2.23. The molecule has 0 amide bonds. The minimum atomic E-state index is 0.257. The molecule has 1 heterocycles.